The number of terminal acetylenes is 1. The molecule has 0 aliphatic carbocycles. The molecule has 0 saturated carbocycles. The maximum absolute atomic E-state index is 12.2. The fraction of sp³-hybridized carbons (Fsp3) is 0.294. The molecule has 0 bridgehead atoms. The van der Waals surface area contributed by atoms with Gasteiger partial charge in [-0.2, -0.15) is 0 Å². The molecule has 2 rings (SSSR count). The number of carbonyl (C=O) groups is 2. The van der Waals surface area contributed by atoms with Crippen molar-refractivity contribution in [3.63, 3.8) is 0 Å². The summed E-state index contributed by atoms with van der Waals surface area (Å²) in [5.74, 6) is 3.11. The quantitative estimate of drug-likeness (QED) is 0.526. The van der Waals surface area contributed by atoms with E-state index in [1.54, 1.807) is 12.1 Å². The van der Waals surface area contributed by atoms with Crippen LogP contribution in [0.25, 0.3) is 6.08 Å². The van der Waals surface area contributed by atoms with Crippen molar-refractivity contribution in [3.8, 4) is 23.8 Å². The normalized spacial score (nSPS) is 15.8. The van der Waals surface area contributed by atoms with Gasteiger partial charge < -0.3 is 9.47 Å². The van der Waals surface area contributed by atoms with Gasteiger partial charge in [-0.05, 0) is 65.3 Å². The molecule has 2 amide bonds. The molecule has 1 aromatic carbocycles. The summed E-state index contributed by atoms with van der Waals surface area (Å²) >= 11 is 4.32. The van der Waals surface area contributed by atoms with E-state index in [1.165, 1.54) is 0 Å². The van der Waals surface area contributed by atoms with Gasteiger partial charge in [-0.25, -0.2) is 0 Å². The predicted octanol–water partition coefficient (Wildman–Crippen LogP) is 3.92. The lowest BCUT2D eigenvalue weighted by atomic mass is 10.2. The summed E-state index contributed by atoms with van der Waals surface area (Å²) in [5.41, 5.74) is 0.722. The number of thioether (sulfide) groups is 1. The van der Waals surface area contributed by atoms with Crippen molar-refractivity contribution >= 4 is 44.9 Å². The van der Waals surface area contributed by atoms with Crippen LogP contribution in [0, 0.1) is 12.3 Å². The number of benzene rings is 1. The lowest BCUT2D eigenvalue weighted by molar-refractivity contribution is -0.122. The van der Waals surface area contributed by atoms with E-state index in [9.17, 15) is 9.59 Å². The van der Waals surface area contributed by atoms with Crippen molar-refractivity contribution < 1.29 is 19.1 Å². The molecule has 1 saturated heterocycles. The fourth-order valence-corrected chi connectivity index (χ4v) is 3.51. The van der Waals surface area contributed by atoms with Crippen LogP contribution in [0.3, 0.4) is 0 Å². The maximum Gasteiger partial charge on any atom is 0.294 e. The third kappa shape index (κ3) is 3.94. The molecule has 126 valence electrons. The Bertz CT molecular complexity index is 739. The summed E-state index contributed by atoms with van der Waals surface area (Å²) in [5, 5.41) is -0.362. The molecular formula is C17H16BrNO4S. The molecule has 0 N–H and O–H groups in total. The maximum atomic E-state index is 12.2. The summed E-state index contributed by atoms with van der Waals surface area (Å²) in [4.78, 5) is 25.4. The third-order valence-electron chi connectivity index (χ3n) is 3.04. The van der Waals surface area contributed by atoms with E-state index in [4.69, 9.17) is 15.9 Å². The Balaban J connectivity index is 2.38. The number of ether oxygens (including phenoxy) is 2. The molecule has 7 heteroatoms. The second-order valence-electron chi connectivity index (χ2n) is 4.67. The minimum absolute atomic E-state index is 0.0286. The molecule has 0 spiro atoms. The molecule has 0 atom stereocenters. The number of halogens is 1. The topological polar surface area (TPSA) is 55.8 Å². The van der Waals surface area contributed by atoms with Gasteiger partial charge in [0, 0.05) is 0 Å². The van der Waals surface area contributed by atoms with Gasteiger partial charge in [-0.1, -0.05) is 5.92 Å². The monoisotopic (exact) mass is 409 g/mol. The number of hydrogen-bond donors (Lipinski definition) is 0. The van der Waals surface area contributed by atoms with Gasteiger partial charge in [0.1, 0.15) is 0 Å². The highest BCUT2D eigenvalue weighted by molar-refractivity contribution is 9.10. The van der Waals surface area contributed by atoms with Gasteiger partial charge in [0.15, 0.2) is 11.5 Å². The Labute approximate surface area is 153 Å². The molecule has 5 nitrogen and oxygen atoms in total. The van der Waals surface area contributed by atoms with Crippen LogP contribution in [0.2, 0.25) is 0 Å². The van der Waals surface area contributed by atoms with Gasteiger partial charge in [-0.3, -0.25) is 14.5 Å². The molecule has 1 aromatic rings. The van der Waals surface area contributed by atoms with Gasteiger partial charge in [-0.15, -0.1) is 6.42 Å². The van der Waals surface area contributed by atoms with Gasteiger partial charge in [0.25, 0.3) is 11.1 Å². The molecule has 1 fully saturated rings. The van der Waals surface area contributed by atoms with Crippen LogP contribution in [0.15, 0.2) is 21.5 Å². The summed E-state index contributed by atoms with van der Waals surface area (Å²) in [6.45, 7) is 4.72. The minimum Gasteiger partial charge on any atom is -0.490 e. The van der Waals surface area contributed by atoms with Crippen LogP contribution < -0.4 is 9.47 Å². The van der Waals surface area contributed by atoms with Gasteiger partial charge >= 0.3 is 0 Å². The van der Waals surface area contributed by atoms with Crippen molar-refractivity contribution in [2.75, 3.05) is 19.8 Å². The standard InChI is InChI=1S/C17H16BrNO4S/c1-4-7-19-16(20)14(24-17(19)21)10-11-8-12(18)15(23-6-3)13(9-11)22-5-2/h1,8-10H,5-7H2,2-3H3/b14-10+. The summed E-state index contributed by atoms with van der Waals surface area (Å²) < 4.78 is 11.9. The van der Waals surface area contributed by atoms with Crippen molar-refractivity contribution in [2.45, 2.75) is 13.8 Å². The molecule has 0 radical (unpaired) electrons. The zero-order valence-corrected chi connectivity index (χ0v) is 15.7. The van der Waals surface area contributed by atoms with Crippen LogP contribution in [0.5, 0.6) is 11.5 Å². The number of amides is 2. The van der Waals surface area contributed by atoms with Crippen molar-refractivity contribution in [3.05, 3.63) is 27.1 Å². The first kappa shape index (κ1) is 18.4. The zero-order valence-electron chi connectivity index (χ0n) is 13.3. The first-order valence-electron chi connectivity index (χ1n) is 7.29. The highest BCUT2D eigenvalue weighted by Gasteiger charge is 2.34. The first-order valence-corrected chi connectivity index (χ1v) is 8.90. The number of imide groups is 1. The summed E-state index contributed by atoms with van der Waals surface area (Å²) in [6, 6.07) is 3.58. The number of carbonyl (C=O) groups excluding carboxylic acids is 2. The highest BCUT2D eigenvalue weighted by atomic mass is 79.9. The van der Waals surface area contributed by atoms with E-state index >= 15 is 0 Å². The Morgan fingerprint density at radius 2 is 2.00 bits per heavy atom. The zero-order chi connectivity index (χ0) is 17.7. The summed E-state index contributed by atoms with van der Waals surface area (Å²) in [6.07, 6.45) is 6.83. The second-order valence-corrected chi connectivity index (χ2v) is 6.52. The van der Waals surface area contributed by atoms with Crippen LogP contribution in [0.4, 0.5) is 4.79 Å². The predicted molar refractivity (Wildman–Crippen MR) is 98.0 cm³/mol. The van der Waals surface area contributed by atoms with E-state index in [0.29, 0.717) is 34.1 Å². The molecule has 0 unspecified atom stereocenters. The Hall–Kier alpha value is -1.91. The van der Waals surface area contributed by atoms with E-state index in [1.807, 2.05) is 19.9 Å². The molecular weight excluding hydrogens is 394 g/mol. The molecule has 1 aliphatic rings. The third-order valence-corrected chi connectivity index (χ3v) is 4.54. The Morgan fingerprint density at radius 3 is 2.62 bits per heavy atom. The lowest BCUT2D eigenvalue weighted by Crippen LogP contribution is -2.28. The Kier molecular flexibility index (Phi) is 6.35. The molecule has 1 heterocycles. The van der Waals surface area contributed by atoms with Crippen molar-refractivity contribution in [1.29, 1.82) is 0 Å². The Morgan fingerprint density at radius 1 is 1.29 bits per heavy atom. The van der Waals surface area contributed by atoms with Crippen molar-refractivity contribution in [2.24, 2.45) is 0 Å². The summed E-state index contributed by atoms with van der Waals surface area (Å²) in [7, 11) is 0. The van der Waals surface area contributed by atoms with Crippen LogP contribution in [-0.2, 0) is 4.79 Å². The van der Waals surface area contributed by atoms with E-state index in [-0.39, 0.29) is 17.7 Å². The van der Waals surface area contributed by atoms with E-state index in [0.717, 1.165) is 22.2 Å². The largest absolute Gasteiger partial charge is 0.490 e. The minimum atomic E-state index is -0.383. The number of rotatable bonds is 6. The van der Waals surface area contributed by atoms with Crippen molar-refractivity contribution in [1.82, 2.24) is 4.90 Å². The van der Waals surface area contributed by atoms with Crippen LogP contribution >= 0.6 is 27.7 Å². The van der Waals surface area contributed by atoms with E-state index in [2.05, 4.69) is 21.9 Å². The number of nitrogens with zero attached hydrogens (tertiary/aromatic N) is 1. The van der Waals surface area contributed by atoms with Gasteiger partial charge in [0.05, 0.1) is 29.1 Å². The average Bonchev–Trinajstić information content (AvgIpc) is 2.79. The molecule has 1 aliphatic heterocycles. The van der Waals surface area contributed by atoms with Crippen LogP contribution in [-0.4, -0.2) is 35.8 Å². The molecule has 0 aromatic heterocycles. The van der Waals surface area contributed by atoms with Crippen LogP contribution in [0.1, 0.15) is 19.4 Å². The van der Waals surface area contributed by atoms with E-state index < -0.39 is 0 Å². The lowest BCUT2D eigenvalue weighted by Gasteiger charge is -2.13. The highest BCUT2D eigenvalue weighted by Crippen LogP contribution is 2.39. The van der Waals surface area contributed by atoms with Gasteiger partial charge in [0.2, 0.25) is 0 Å². The SMILES string of the molecule is C#CCN1C(=O)S/C(=C/c2cc(Br)c(OCC)c(OCC)c2)C1=O. The smallest absolute Gasteiger partial charge is 0.294 e. The molecule has 24 heavy (non-hydrogen) atoms. The fourth-order valence-electron chi connectivity index (χ4n) is 2.10. The first-order chi connectivity index (χ1) is 11.5. The average molecular weight is 410 g/mol. The second kappa shape index (κ2) is 8.27. The number of hydrogen-bond acceptors (Lipinski definition) is 5.